The summed E-state index contributed by atoms with van der Waals surface area (Å²) >= 11 is 0. The number of hydrogen-bond donors (Lipinski definition) is 3. The molecule has 2 aromatic rings. The fraction of sp³-hybridized carbons (Fsp3) is 0.0714. The van der Waals surface area contributed by atoms with Gasteiger partial charge in [-0.15, -0.1) is 0 Å². The van der Waals surface area contributed by atoms with Crippen LogP contribution in [-0.4, -0.2) is 16.1 Å². The molecule has 9 heteroatoms. The van der Waals surface area contributed by atoms with E-state index in [4.69, 9.17) is 5.11 Å². The summed E-state index contributed by atoms with van der Waals surface area (Å²) in [7, 11) is 0. The molecule has 0 aliphatic carbocycles. The Morgan fingerprint density at radius 1 is 1.04 bits per heavy atom. The van der Waals surface area contributed by atoms with E-state index in [9.17, 15) is 31.9 Å². The van der Waals surface area contributed by atoms with Crippen molar-refractivity contribution in [1.82, 2.24) is 0 Å². The van der Waals surface area contributed by atoms with Crippen LogP contribution in [0.15, 0.2) is 30.3 Å². The third-order valence-electron chi connectivity index (χ3n) is 2.81. The molecule has 2 rings (SSSR count). The number of carbonyl (C=O) groups is 1. The van der Waals surface area contributed by atoms with Crippen molar-refractivity contribution in [3.05, 3.63) is 53.1 Å². The largest absolute Gasteiger partial charge is 0.508 e. The summed E-state index contributed by atoms with van der Waals surface area (Å²) in [5.41, 5.74) is -2.46. The average Bonchev–Trinajstić information content (AvgIpc) is 2.43. The zero-order valence-corrected chi connectivity index (χ0v) is 11.1. The lowest BCUT2D eigenvalue weighted by Crippen LogP contribution is -2.15. The molecule has 0 aliphatic rings. The molecular weight excluding hydrogens is 325 g/mol. The first kappa shape index (κ1) is 16.5. The SMILES string of the molecule is O=C(Nc1cc(O)cc(C(F)(F)F)c1)c1ccc(F)c(O)c1F. The van der Waals surface area contributed by atoms with Gasteiger partial charge in [-0.25, -0.2) is 8.78 Å². The summed E-state index contributed by atoms with van der Waals surface area (Å²) < 4.78 is 64.3. The molecule has 0 heterocycles. The molecule has 4 nitrogen and oxygen atoms in total. The van der Waals surface area contributed by atoms with E-state index in [1.54, 1.807) is 0 Å². The van der Waals surface area contributed by atoms with Crippen LogP contribution >= 0.6 is 0 Å². The van der Waals surface area contributed by atoms with Gasteiger partial charge < -0.3 is 15.5 Å². The third kappa shape index (κ3) is 3.50. The summed E-state index contributed by atoms with van der Waals surface area (Å²) in [6.45, 7) is 0. The molecule has 0 radical (unpaired) electrons. The number of amides is 1. The molecular formula is C14H8F5NO3. The van der Waals surface area contributed by atoms with E-state index in [2.05, 4.69) is 0 Å². The normalized spacial score (nSPS) is 11.3. The van der Waals surface area contributed by atoms with Gasteiger partial charge in [-0.05, 0) is 24.3 Å². The lowest BCUT2D eigenvalue weighted by atomic mass is 10.1. The highest BCUT2D eigenvalue weighted by molar-refractivity contribution is 6.04. The zero-order chi connectivity index (χ0) is 17.4. The molecule has 0 spiro atoms. The van der Waals surface area contributed by atoms with Gasteiger partial charge in [0.15, 0.2) is 17.4 Å². The first-order chi connectivity index (χ1) is 10.6. The van der Waals surface area contributed by atoms with Crippen LogP contribution in [0, 0.1) is 11.6 Å². The minimum atomic E-state index is -4.77. The van der Waals surface area contributed by atoms with Gasteiger partial charge >= 0.3 is 6.18 Å². The predicted molar refractivity (Wildman–Crippen MR) is 69.1 cm³/mol. The number of phenolic OH excluding ortho intramolecular Hbond substituents is 2. The van der Waals surface area contributed by atoms with Crippen LogP contribution in [-0.2, 0) is 6.18 Å². The van der Waals surface area contributed by atoms with E-state index in [0.29, 0.717) is 24.3 Å². The highest BCUT2D eigenvalue weighted by Crippen LogP contribution is 2.34. The number of rotatable bonds is 2. The molecule has 0 fully saturated rings. The Bertz CT molecular complexity index is 774. The molecule has 0 unspecified atom stereocenters. The number of aromatic hydroxyl groups is 2. The van der Waals surface area contributed by atoms with Gasteiger partial charge in [-0.3, -0.25) is 4.79 Å². The summed E-state index contributed by atoms with van der Waals surface area (Å²) in [6, 6.07) is 3.12. The Kier molecular flexibility index (Phi) is 4.13. The number of nitrogens with one attached hydrogen (secondary N) is 1. The van der Waals surface area contributed by atoms with E-state index < -0.39 is 52.0 Å². The summed E-state index contributed by atoms with van der Waals surface area (Å²) in [5.74, 6) is -6.23. The summed E-state index contributed by atoms with van der Waals surface area (Å²) in [5, 5.41) is 20.3. The summed E-state index contributed by atoms with van der Waals surface area (Å²) in [4.78, 5) is 11.8. The monoisotopic (exact) mass is 333 g/mol. The Balaban J connectivity index is 2.35. The first-order valence-electron chi connectivity index (χ1n) is 5.99. The fourth-order valence-electron chi connectivity index (χ4n) is 1.76. The summed E-state index contributed by atoms with van der Waals surface area (Å²) in [6.07, 6.45) is -4.77. The lowest BCUT2D eigenvalue weighted by molar-refractivity contribution is -0.137. The van der Waals surface area contributed by atoms with Crippen molar-refractivity contribution < 1.29 is 37.0 Å². The van der Waals surface area contributed by atoms with Crippen LogP contribution in [0.5, 0.6) is 11.5 Å². The van der Waals surface area contributed by atoms with Crippen molar-refractivity contribution in [1.29, 1.82) is 0 Å². The van der Waals surface area contributed by atoms with Gasteiger partial charge in [0.05, 0.1) is 11.1 Å². The second-order valence-electron chi connectivity index (χ2n) is 4.48. The van der Waals surface area contributed by atoms with Crippen LogP contribution in [0.25, 0.3) is 0 Å². The van der Waals surface area contributed by atoms with Crippen LogP contribution in [0.1, 0.15) is 15.9 Å². The minimum Gasteiger partial charge on any atom is -0.508 e. The van der Waals surface area contributed by atoms with Crippen molar-refractivity contribution >= 4 is 11.6 Å². The number of benzene rings is 2. The van der Waals surface area contributed by atoms with E-state index in [1.165, 1.54) is 0 Å². The van der Waals surface area contributed by atoms with Crippen molar-refractivity contribution in [3.8, 4) is 11.5 Å². The van der Waals surface area contributed by atoms with Crippen LogP contribution < -0.4 is 5.32 Å². The van der Waals surface area contributed by atoms with Gasteiger partial charge in [0, 0.05) is 11.8 Å². The smallest absolute Gasteiger partial charge is 0.416 e. The molecule has 2 aromatic carbocycles. The quantitative estimate of drug-likeness (QED) is 0.735. The molecule has 0 saturated heterocycles. The van der Waals surface area contributed by atoms with E-state index in [0.717, 1.165) is 6.07 Å². The first-order valence-corrected chi connectivity index (χ1v) is 5.99. The Labute approximate surface area is 125 Å². The second-order valence-corrected chi connectivity index (χ2v) is 4.48. The maximum atomic E-state index is 13.6. The fourth-order valence-corrected chi connectivity index (χ4v) is 1.76. The highest BCUT2D eigenvalue weighted by atomic mass is 19.4. The molecule has 0 saturated carbocycles. The molecule has 23 heavy (non-hydrogen) atoms. The van der Waals surface area contributed by atoms with E-state index in [-0.39, 0.29) is 0 Å². The maximum absolute atomic E-state index is 13.6. The molecule has 0 atom stereocenters. The second kappa shape index (κ2) is 5.75. The topological polar surface area (TPSA) is 69.6 Å². The van der Waals surface area contributed by atoms with Gasteiger partial charge in [0.1, 0.15) is 5.75 Å². The van der Waals surface area contributed by atoms with Crippen LogP contribution in [0.2, 0.25) is 0 Å². The average molecular weight is 333 g/mol. The number of phenols is 2. The number of halogens is 5. The molecule has 1 amide bonds. The van der Waals surface area contributed by atoms with E-state index in [1.807, 2.05) is 5.32 Å². The number of carbonyl (C=O) groups excluding carboxylic acids is 1. The van der Waals surface area contributed by atoms with Gasteiger partial charge in [-0.2, -0.15) is 13.2 Å². The van der Waals surface area contributed by atoms with Crippen molar-refractivity contribution in [2.45, 2.75) is 6.18 Å². The van der Waals surface area contributed by atoms with Gasteiger partial charge in [0.25, 0.3) is 5.91 Å². The van der Waals surface area contributed by atoms with Gasteiger partial charge in [0.2, 0.25) is 0 Å². The lowest BCUT2D eigenvalue weighted by Gasteiger charge is -2.11. The molecule has 0 bridgehead atoms. The molecule has 0 aromatic heterocycles. The standard InChI is InChI=1S/C14H8F5NO3/c15-10-2-1-9(11(16)12(10)22)13(23)20-7-3-6(14(17,18)19)4-8(21)5-7/h1-5,21-22H,(H,20,23). The van der Waals surface area contributed by atoms with E-state index >= 15 is 0 Å². The number of alkyl halides is 3. The zero-order valence-electron chi connectivity index (χ0n) is 11.1. The number of anilines is 1. The van der Waals surface area contributed by atoms with Gasteiger partial charge in [-0.1, -0.05) is 0 Å². The van der Waals surface area contributed by atoms with Crippen LogP contribution in [0.3, 0.4) is 0 Å². The van der Waals surface area contributed by atoms with Crippen LogP contribution in [0.4, 0.5) is 27.6 Å². The molecule has 0 aliphatic heterocycles. The third-order valence-corrected chi connectivity index (χ3v) is 2.81. The Hall–Kier alpha value is -2.84. The Morgan fingerprint density at radius 2 is 1.70 bits per heavy atom. The highest BCUT2D eigenvalue weighted by Gasteiger charge is 2.31. The van der Waals surface area contributed by atoms with Crippen molar-refractivity contribution in [2.24, 2.45) is 0 Å². The minimum absolute atomic E-state index is 0.444. The predicted octanol–water partition coefficient (Wildman–Crippen LogP) is 3.65. The van der Waals surface area contributed by atoms with Crippen molar-refractivity contribution in [3.63, 3.8) is 0 Å². The molecule has 3 N–H and O–H groups in total. The van der Waals surface area contributed by atoms with Crippen molar-refractivity contribution in [2.75, 3.05) is 5.32 Å². The maximum Gasteiger partial charge on any atom is 0.416 e. The Morgan fingerprint density at radius 3 is 2.30 bits per heavy atom. The number of hydrogen-bond acceptors (Lipinski definition) is 3. The molecule has 122 valence electrons.